The molecule has 1 aliphatic heterocycles. The number of hydrogen-bond acceptors (Lipinski definition) is 4. The predicted octanol–water partition coefficient (Wildman–Crippen LogP) is 2.14. The Kier molecular flexibility index (Phi) is 4.56. The first-order valence-electron chi connectivity index (χ1n) is 6.46. The van der Waals surface area contributed by atoms with Gasteiger partial charge in [0, 0.05) is 18.7 Å². The molecule has 1 amide bonds. The number of carbonyl (C=O) groups excluding carboxylic acids is 1. The van der Waals surface area contributed by atoms with Crippen LogP contribution < -0.4 is 16.4 Å². The van der Waals surface area contributed by atoms with Gasteiger partial charge in [-0.2, -0.15) is 13.2 Å². The number of nitrogen functional groups attached to an aromatic ring is 1. The van der Waals surface area contributed by atoms with E-state index in [1.165, 1.54) is 0 Å². The lowest BCUT2D eigenvalue weighted by molar-refractivity contribution is -0.172. The molecule has 116 valence electrons. The molecular formula is C13H16F3N3O2. The van der Waals surface area contributed by atoms with Crippen molar-refractivity contribution in [3.8, 4) is 0 Å². The number of amides is 1. The van der Waals surface area contributed by atoms with Crippen LogP contribution >= 0.6 is 0 Å². The van der Waals surface area contributed by atoms with Gasteiger partial charge in [-0.05, 0) is 24.1 Å². The summed E-state index contributed by atoms with van der Waals surface area (Å²) in [6, 6.07) is 3.44. The van der Waals surface area contributed by atoms with Crippen LogP contribution in [0.15, 0.2) is 12.1 Å². The van der Waals surface area contributed by atoms with Crippen molar-refractivity contribution < 1.29 is 22.7 Å². The molecule has 0 spiro atoms. The fourth-order valence-electron chi connectivity index (χ4n) is 2.04. The molecule has 1 aromatic carbocycles. The molecule has 5 nitrogen and oxygen atoms in total. The van der Waals surface area contributed by atoms with E-state index in [0.717, 1.165) is 5.56 Å². The minimum absolute atomic E-state index is 0.0526. The van der Waals surface area contributed by atoms with E-state index in [9.17, 15) is 18.0 Å². The highest BCUT2D eigenvalue weighted by Crippen LogP contribution is 2.30. The zero-order valence-corrected chi connectivity index (χ0v) is 11.2. The topological polar surface area (TPSA) is 76.4 Å². The quantitative estimate of drug-likeness (QED) is 0.575. The van der Waals surface area contributed by atoms with Crippen molar-refractivity contribution >= 4 is 23.0 Å². The SMILES string of the molecule is Nc1cc2c(cc1NCCOCC(F)(F)F)CCC(=O)N2. The van der Waals surface area contributed by atoms with E-state index in [1.54, 1.807) is 12.1 Å². The minimum Gasteiger partial charge on any atom is -0.397 e. The molecule has 1 aliphatic rings. The minimum atomic E-state index is -4.32. The van der Waals surface area contributed by atoms with E-state index >= 15 is 0 Å². The van der Waals surface area contributed by atoms with Crippen molar-refractivity contribution in [2.45, 2.75) is 19.0 Å². The van der Waals surface area contributed by atoms with Crippen molar-refractivity contribution in [2.24, 2.45) is 0 Å². The number of benzene rings is 1. The third-order valence-corrected chi connectivity index (χ3v) is 3.00. The number of nitrogens with two attached hydrogens (primary N) is 1. The van der Waals surface area contributed by atoms with Crippen LogP contribution in [0.2, 0.25) is 0 Å². The van der Waals surface area contributed by atoms with Crippen LogP contribution in [-0.4, -0.2) is 31.8 Å². The Balaban J connectivity index is 1.88. The summed E-state index contributed by atoms with van der Waals surface area (Å²) >= 11 is 0. The Labute approximate surface area is 119 Å². The summed E-state index contributed by atoms with van der Waals surface area (Å²) in [6.45, 7) is -1.13. The van der Waals surface area contributed by atoms with Crippen LogP contribution in [-0.2, 0) is 16.0 Å². The van der Waals surface area contributed by atoms with Gasteiger partial charge in [-0.15, -0.1) is 0 Å². The standard InChI is InChI=1S/C13H16F3N3O2/c14-13(15,16)7-21-4-3-18-11-5-8-1-2-12(20)19-10(8)6-9(11)17/h5-6,18H,1-4,7,17H2,(H,19,20). The maximum Gasteiger partial charge on any atom is 0.411 e. The van der Waals surface area contributed by atoms with Gasteiger partial charge in [-0.3, -0.25) is 4.79 Å². The zero-order chi connectivity index (χ0) is 15.5. The van der Waals surface area contributed by atoms with Crippen molar-refractivity contribution in [3.63, 3.8) is 0 Å². The zero-order valence-electron chi connectivity index (χ0n) is 11.2. The second-order valence-corrected chi connectivity index (χ2v) is 4.74. The molecule has 1 heterocycles. The van der Waals surface area contributed by atoms with E-state index < -0.39 is 12.8 Å². The average Bonchev–Trinajstić information content (AvgIpc) is 2.37. The van der Waals surface area contributed by atoms with Crippen molar-refractivity contribution in [2.75, 3.05) is 36.1 Å². The number of hydrogen-bond donors (Lipinski definition) is 3. The first-order chi connectivity index (χ1) is 9.85. The summed E-state index contributed by atoms with van der Waals surface area (Å²) in [5.74, 6) is -0.0526. The van der Waals surface area contributed by atoms with E-state index in [2.05, 4.69) is 15.4 Å². The molecule has 0 aromatic heterocycles. The van der Waals surface area contributed by atoms with Crippen LogP contribution in [0.3, 0.4) is 0 Å². The number of carbonyl (C=O) groups is 1. The normalized spacial score (nSPS) is 14.5. The number of rotatable bonds is 5. The number of aryl methyl sites for hydroxylation is 1. The van der Waals surface area contributed by atoms with E-state index in [4.69, 9.17) is 5.73 Å². The molecule has 8 heteroatoms. The smallest absolute Gasteiger partial charge is 0.397 e. The fourth-order valence-corrected chi connectivity index (χ4v) is 2.04. The van der Waals surface area contributed by atoms with Crippen LogP contribution in [0.5, 0.6) is 0 Å². The highest BCUT2D eigenvalue weighted by Gasteiger charge is 2.27. The molecule has 0 unspecified atom stereocenters. The molecule has 0 atom stereocenters. The number of alkyl halides is 3. The maximum absolute atomic E-state index is 11.9. The molecule has 0 fully saturated rings. The Bertz CT molecular complexity index is 532. The summed E-state index contributed by atoms with van der Waals surface area (Å²) in [5.41, 5.74) is 8.52. The number of fused-ring (bicyclic) bond motifs is 1. The molecule has 0 bridgehead atoms. The van der Waals surface area contributed by atoms with E-state index in [0.29, 0.717) is 29.9 Å². The third-order valence-electron chi connectivity index (χ3n) is 3.00. The van der Waals surface area contributed by atoms with Gasteiger partial charge in [-0.25, -0.2) is 0 Å². The summed E-state index contributed by atoms with van der Waals surface area (Å²) < 4.78 is 40.2. The summed E-state index contributed by atoms with van der Waals surface area (Å²) in [6.07, 6.45) is -3.30. The summed E-state index contributed by atoms with van der Waals surface area (Å²) in [4.78, 5) is 11.3. The van der Waals surface area contributed by atoms with Crippen molar-refractivity contribution in [3.05, 3.63) is 17.7 Å². The monoisotopic (exact) mass is 303 g/mol. The predicted molar refractivity (Wildman–Crippen MR) is 73.2 cm³/mol. The third kappa shape index (κ3) is 4.52. The lowest BCUT2D eigenvalue weighted by Gasteiger charge is -2.19. The van der Waals surface area contributed by atoms with E-state index in [1.807, 2.05) is 0 Å². The van der Waals surface area contributed by atoms with Crippen molar-refractivity contribution in [1.82, 2.24) is 0 Å². The number of nitrogens with one attached hydrogen (secondary N) is 2. The molecule has 0 saturated carbocycles. The van der Waals surface area contributed by atoms with Crippen LogP contribution in [0.25, 0.3) is 0 Å². The van der Waals surface area contributed by atoms with Gasteiger partial charge in [0.1, 0.15) is 6.61 Å². The Morgan fingerprint density at radius 2 is 2.10 bits per heavy atom. The molecule has 4 N–H and O–H groups in total. The van der Waals surface area contributed by atoms with Crippen LogP contribution in [0.4, 0.5) is 30.2 Å². The van der Waals surface area contributed by atoms with Gasteiger partial charge in [-0.1, -0.05) is 0 Å². The van der Waals surface area contributed by atoms with Gasteiger partial charge in [0.2, 0.25) is 5.91 Å². The van der Waals surface area contributed by atoms with Gasteiger partial charge in [0.05, 0.1) is 18.0 Å². The van der Waals surface area contributed by atoms with E-state index in [-0.39, 0.29) is 19.1 Å². The fraction of sp³-hybridized carbons (Fsp3) is 0.462. The van der Waals surface area contributed by atoms with Gasteiger partial charge < -0.3 is 21.1 Å². The molecule has 0 aliphatic carbocycles. The number of ether oxygens (including phenoxy) is 1. The Morgan fingerprint density at radius 3 is 2.81 bits per heavy atom. The molecule has 21 heavy (non-hydrogen) atoms. The van der Waals surface area contributed by atoms with Gasteiger partial charge in [0.15, 0.2) is 0 Å². The second kappa shape index (κ2) is 6.21. The number of anilines is 3. The largest absolute Gasteiger partial charge is 0.411 e. The first-order valence-corrected chi connectivity index (χ1v) is 6.46. The summed E-state index contributed by atoms with van der Waals surface area (Å²) in [5, 5.41) is 5.65. The molecule has 0 radical (unpaired) electrons. The van der Waals surface area contributed by atoms with Gasteiger partial charge >= 0.3 is 6.18 Å². The Hall–Kier alpha value is -1.96. The van der Waals surface area contributed by atoms with Crippen LogP contribution in [0.1, 0.15) is 12.0 Å². The summed E-state index contributed by atoms with van der Waals surface area (Å²) in [7, 11) is 0. The highest BCUT2D eigenvalue weighted by molar-refractivity contribution is 5.95. The first kappa shape index (κ1) is 15.4. The molecule has 0 saturated heterocycles. The molecule has 1 aromatic rings. The van der Waals surface area contributed by atoms with Crippen molar-refractivity contribution in [1.29, 1.82) is 0 Å². The maximum atomic E-state index is 11.9. The second-order valence-electron chi connectivity index (χ2n) is 4.74. The molecular weight excluding hydrogens is 287 g/mol. The highest BCUT2D eigenvalue weighted by atomic mass is 19.4. The number of halogens is 3. The molecule has 2 rings (SSSR count). The lowest BCUT2D eigenvalue weighted by Crippen LogP contribution is -2.21. The Morgan fingerprint density at radius 1 is 1.33 bits per heavy atom. The van der Waals surface area contributed by atoms with Gasteiger partial charge in [0.25, 0.3) is 0 Å². The lowest BCUT2D eigenvalue weighted by atomic mass is 10.0. The van der Waals surface area contributed by atoms with Crippen LogP contribution in [0, 0.1) is 0 Å². The average molecular weight is 303 g/mol.